The van der Waals surface area contributed by atoms with Crippen LogP contribution in [0.15, 0.2) is 89.3 Å². The first kappa shape index (κ1) is 19.2. The zero-order chi connectivity index (χ0) is 21.2. The SMILES string of the molecule is Cc1ccc(OCc2ccccc2)c(Cc2ccc(-c3cc4cccc(F)c4[nH]3)o2)c1. The van der Waals surface area contributed by atoms with E-state index in [1.54, 1.807) is 6.07 Å². The van der Waals surface area contributed by atoms with Crippen LogP contribution in [0.1, 0.15) is 22.5 Å². The summed E-state index contributed by atoms with van der Waals surface area (Å²) >= 11 is 0. The third-order valence-electron chi connectivity index (χ3n) is 5.35. The molecule has 31 heavy (non-hydrogen) atoms. The van der Waals surface area contributed by atoms with E-state index in [1.165, 1.54) is 11.6 Å². The first-order chi connectivity index (χ1) is 15.2. The number of fused-ring (bicyclic) bond motifs is 1. The average Bonchev–Trinajstić information content (AvgIpc) is 3.42. The monoisotopic (exact) mass is 411 g/mol. The van der Waals surface area contributed by atoms with Gasteiger partial charge in [-0.3, -0.25) is 0 Å². The molecule has 2 heterocycles. The molecule has 2 aromatic heterocycles. The minimum atomic E-state index is -0.268. The summed E-state index contributed by atoms with van der Waals surface area (Å²) in [7, 11) is 0. The molecular weight excluding hydrogens is 389 g/mol. The van der Waals surface area contributed by atoms with Gasteiger partial charge < -0.3 is 14.1 Å². The van der Waals surface area contributed by atoms with Gasteiger partial charge in [-0.05, 0) is 42.8 Å². The number of benzene rings is 3. The fraction of sp³-hybridized carbons (Fsp3) is 0.111. The summed E-state index contributed by atoms with van der Waals surface area (Å²) in [6, 6.07) is 27.1. The van der Waals surface area contributed by atoms with Crippen LogP contribution in [-0.2, 0) is 13.0 Å². The van der Waals surface area contributed by atoms with Gasteiger partial charge in [-0.15, -0.1) is 0 Å². The molecule has 0 aliphatic rings. The van der Waals surface area contributed by atoms with Crippen LogP contribution in [0.2, 0.25) is 0 Å². The van der Waals surface area contributed by atoms with E-state index in [9.17, 15) is 4.39 Å². The Morgan fingerprint density at radius 2 is 1.77 bits per heavy atom. The van der Waals surface area contributed by atoms with E-state index in [0.717, 1.165) is 33.7 Å². The predicted octanol–water partition coefficient (Wildman–Crippen LogP) is 7.05. The van der Waals surface area contributed by atoms with E-state index in [0.29, 0.717) is 24.3 Å². The van der Waals surface area contributed by atoms with Crippen LogP contribution in [0, 0.1) is 12.7 Å². The van der Waals surface area contributed by atoms with Crippen LogP contribution in [0.5, 0.6) is 5.75 Å². The third-order valence-corrected chi connectivity index (χ3v) is 5.35. The summed E-state index contributed by atoms with van der Waals surface area (Å²) in [6.07, 6.45) is 0.612. The summed E-state index contributed by atoms with van der Waals surface area (Å²) < 4.78 is 26.2. The van der Waals surface area contributed by atoms with E-state index >= 15 is 0 Å². The van der Waals surface area contributed by atoms with E-state index in [4.69, 9.17) is 9.15 Å². The van der Waals surface area contributed by atoms with Crippen LogP contribution in [-0.4, -0.2) is 4.98 Å². The molecule has 1 N–H and O–H groups in total. The molecule has 0 spiro atoms. The molecule has 0 saturated carbocycles. The number of hydrogen-bond acceptors (Lipinski definition) is 2. The number of aryl methyl sites for hydroxylation is 1. The van der Waals surface area contributed by atoms with Gasteiger partial charge in [0.05, 0.1) is 11.2 Å². The van der Waals surface area contributed by atoms with Crippen LogP contribution in [0.4, 0.5) is 4.39 Å². The Labute approximate surface area is 180 Å². The molecule has 3 nitrogen and oxygen atoms in total. The summed E-state index contributed by atoms with van der Waals surface area (Å²) in [5.74, 6) is 2.09. The maximum absolute atomic E-state index is 14.0. The zero-order valence-corrected chi connectivity index (χ0v) is 17.2. The van der Waals surface area contributed by atoms with Gasteiger partial charge in [0.15, 0.2) is 5.76 Å². The highest BCUT2D eigenvalue weighted by Crippen LogP contribution is 2.30. The number of hydrogen-bond donors (Lipinski definition) is 1. The minimum absolute atomic E-state index is 0.268. The second-order valence-electron chi connectivity index (χ2n) is 7.72. The van der Waals surface area contributed by atoms with Gasteiger partial charge >= 0.3 is 0 Å². The van der Waals surface area contributed by atoms with E-state index < -0.39 is 0 Å². The lowest BCUT2D eigenvalue weighted by Gasteiger charge is -2.12. The van der Waals surface area contributed by atoms with Crippen LogP contribution in [0.25, 0.3) is 22.4 Å². The molecule has 0 aliphatic heterocycles. The van der Waals surface area contributed by atoms with Gasteiger partial charge in [-0.25, -0.2) is 4.39 Å². The molecule has 0 aliphatic carbocycles. The van der Waals surface area contributed by atoms with Gasteiger partial charge in [0.2, 0.25) is 0 Å². The molecule has 3 aromatic carbocycles. The second kappa shape index (κ2) is 8.15. The molecule has 154 valence electrons. The van der Waals surface area contributed by atoms with Gasteiger partial charge in [-0.2, -0.15) is 0 Å². The topological polar surface area (TPSA) is 38.2 Å². The number of halogens is 1. The zero-order valence-electron chi connectivity index (χ0n) is 17.2. The van der Waals surface area contributed by atoms with Crippen molar-refractivity contribution in [1.82, 2.24) is 4.98 Å². The van der Waals surface area contributed by atoms with E-state index in [1.807, 2.05) is 48.5 Å². The van der Waals surface area contributed by atoms with E-state index in [-0.39, 0.29) is 5.82 Å². The third kappa shape index (κ3) is 4.10. The van der Waals surface area contributed by atoms with Crippen molar-refractivity contribution in [2.24, 2.45) is 0 Å². The number of ether oxygens (including phenoxy) is 1. The Hall–Kier alpha value is -3.79. The Bertz CT molecular complexity index is 1330. The number of rotatable bonds is 6. The standard InChI is InChI=1S/C27H22FNO2/c1-18-10-12-25(30-17-19-6-3-2-4-7-19)21(14-18)15-22-11-13-26(31-22)24-16-20-8-5-9-23(28)27(20)29-24/h2-14,16,29H,15,17H2,1H3. The Balaban J connectivity index is 1.38. The predicted molar refractivity (Wildman–Crippen MR) is 121 cm³/mol. The lowest BCUT2D eigenvalue weighted by Crippen LogP contribution is -1.99. The van der Waals surface area contributed by atoms with Crippen molar-refractivity contribution in [2.45, 2.75) is 20.0 Å². The minimum Gasteiger partial charge on any atom is -0.489 e. The highest BCUT2D eigenvalue weighted by Gasteiger charge is 2.13. The van der Waals surface area contributed by atoms with Gasteiger partial charge in [0, 0.05) is 17.4 Å². The summed E-state index contributed by atoms with van der Waals surface area (Å²) in [5.41, 5.74) is 4.61. The van der Waals surface area contributed by atoms with Crippen molar-refractivity contribution >= 4 is 10.9 Å². The molecule has 0 saturated heterocycles. The average molecular weight is 411 g/mol. The largest absolute Gasteiger partial charge is 0.489 e. The molecule has 5 rings (SSSR count). The molecule has 0 bridgehead atoms. The van der Waals surface area contributed by atoms with Crippen molar-refractivity contribution in [3.05, 3.63) is 113 Å². The number of furan rings is 1. The Morgan fingerprint density at radius 3 is 2.61 bits per heavy atom. The smallest absolute Gasteiger partial charge is 0.150 e. The number of para-hydroxylation sites is 1. The first-order valence-corrected chi connectivity index (χ1v) is 10.3. The lowest BCUT2D eigenvalue weighted by atomic mass is 10.1. The first-order valence-electron chi connectivity index (χ1n) is 10.3. The normalized spacial score (nSPS) is 11.2. The van der Waals surface area contributed by atoms with Crippen molar-refractivity contribution in [3.63, 3.8) is 0 Å². The fourth-order valence-corrected chi connectivity index (χ4v) is 3.78. The molecule has 0 atom stereocenters. The highest BCUT2D eigenvalue weighted by atomic mass is 19.1. The number of H-pyrrole nitrogens is 1. The van der Waals surface area contributed by atoms with Crippen LogP contribution in [0.3, 0.4) is 0 Å². The molecule has 0 unspecified atom stereocenters. The molecule has 5 aromatic rings. The molecule has 0 fully saturated rings. The summed E-state index contributed by atoms with van der Waals surface area (Å²) in [6.45, 7) is 2.58. The van der Waals surface area contributed by atoms with E-state index in [2.05, 4.69) is 36.2 Å². The Kier molecular flexibility index (Phi) is 5.04. The van der Waals surface area contributed by atoms with Crippen LogP contribution < -0.4 is 4.74 Å². The lowest BCUT2D eigenvalue weighted by molar-refractivity contribution is 0.303. The second-order valence-corrected chi connectivity index (χ2v) is 7.72. The quantitative estimate of drug-likeness (QED) is 0.325. The maximum atomic E-state index is 14.0. The maximum Gasteiger partial charge on any atom is 0.150 e. The highest BCUT2D eigenvalue weighted by molar-refractivity contribution is 5.85. The molecule has 0 amide bonds. The van der Waals surface area contributed by atoms with Crippen molar-refractivity contribution in [3.8, 4) is 17.2 Å². The van der Waals surface area contributed by atoms with Crippen LogP contribution >= 0.6 is 0 Å². The number of aromatic amines is 1. The molecule has 0 radical (unpaired) electrons. The van der Waals surface area contributed by atoms with Gasteiger partial charge in [0.25, 0.3) is 0 Å². The molecule has 4 heteroatoms. The fourth-order valence-electron chi connectivity index (χ4n) is 3.78. The van der Waals surface area contributed by atoms with Gasteiger partial charge in [0.1, 0.15) is 23.9 Å². The summed E-state index contributed by atoms with van der Waals surface area (Å²) in [5, 5.41) is 0.822. The number of aromatic nitrogens is 1. The Morgan fingerprint density at radius 1 is 0.903 bits per heavy atom. The van der Waals surface area contributed by atoms with Crippen molar-refractivity contribution < 1.29 is 13.5 Å². The number of nitrogens with one attached hydrogen (secondary N) is 1. The molecular formula is C27H22FNO2. The van der Waals surface area contributed by atoms with Crippen molar-refractivity contribution in [2.75, 3.05) is 0 Å². The van der Waals surface area contributed by atoms with Crippen molar-refractivity contribution in [1.29, 1.82) is 0 Å². The summed E-state index contributed by atoms with van der Waals surface area (Å²) in [4.78, 5) is 3.12. The van der Waals surface area contributed by atoms with Gasteiger partial charge in [-0.1, -0.05) is 60.2 Å².